The number of benzene rings is 1. The van der Waals surface area contributed by atoms with E-state index in [2.05, 4.69) is 4.74 Å². The predicted molar refractivity (Wildman–Crippen MR) is 61.9 cm³/mol. The molecule has 0 N–H and O–H groups in total. The molecule has 1 atom stereocenters. The van der Waals surface area contributed by atoms with Crippen LogP contribution in [0.5, 0.6) is 0 Å². The molecule has 96 valence electrons. The van der Waals surface area contributed by atoms with Crippen LogP contribution in [0.1, 0.15) is 12.0 Å². The quantitative estimate of drug-likeness (QED) is 0.762. The van der Waals surface area contributed by atoms with Gasteiger partial charge >= 0.3 is 5.97 Å². The third-order valence-corrected chi connectivity index (χ3v) is 3.04. The summed E-state index contributed by atoms with van der Waals surface area (Å²) in [5.74, 6) is -1.12. The number of likely N-dealkylation sites (tertiary alicyclic amines) is 1. The Morgan fingerprint density at radius 2 is 2.11 bits per heavy atom. The highest BCUT2D eigenvalue weighted by Crippen LogP contribution is 2.21. The van der Waals surface area contributed by atoms with Gasteiger partial charge in [0.1, 0.15) is 5.82 Å². The topological polar surface area (TPSA) is 46.6 Å². The number of hydrogen-bond donors (Lipinski definition) is 0. The summed E-state index contributed by atoms with van der Waals surface area (Å²) in [4.78, 5) is 24.7. The molecule has 1 aromatic carbocycles. The summed E-state index contributed by atoms with van der Waals surface area (Å²) in [6.45, 7) is 0.759. The van der Waals surface area contributed by atoms with E-state index in [-0.39, 0.29) is 30.0 Å². The minimum Gasteiger partial charge on any atom is -0.469 e. The van der Waals surface area contributed by atoms with Gasteiger partial charge in [0.05, 0.1) is 13.0 Å². The van der Waals surface area contributed by atoms with Crippen LogP contribution in [0.15, 0.2) is 24.3 Å². The van der Waals surface area contributed by atoms with Crippen molar-refractivity contribution in [3.63, 3.8) is 0 Å². The number of hydrogen-bond acceptors (Lipinski definition) is 3. The summed E-state index contributed by atoms with van der Waals surface area (Å²) in [7, 11) is 1.31. The maximum Gasteiger partial charge on any atom is 0.310 e. The predicted octanol–water partition coefficient (Wildman–Crippen LogP) is 1.35. The van der Waals surface area contributed by atoms with Crippen molar-refractivity contribution in [2.45, 2.75) is 13.0 Å². The monoisotopic (exact) mass is 251 g/mol. The van der Waals surface area contributed by atoms with Crippen molar-refractivity contribution in [2.75, 3.05) is 13.7 Å². The number of carbonyl (C=O) groups excluding carboxylic acids is 2. The number of methoxy groups -OCH3 is 1. The van der Waals surface area contributed by atoms with E-state index in [9.17, 15) is 14.0 Å². The number of ether oxygens (including phenoxy) is 1. The van der Waals surface area contributed by atoms with Crippen molar-refractivity contribution in [2.24, 2.45) is 5.92 Å². The fraction of sp³-hybridized carbons (Fsp3) is 0.385. The van der Waals surface area contributed by atoms with Gasteiger partial charge in [-0.3, -0.25) is 9.59 Å². The number of carbonyl (C=O) groups is 2. The molecule has 1 fully saturated rings. The van der Waals surface area contributed by atoms with Crippen LogP contribution in [0.2, 0.25) is 0 Å². The van der Waals surface area contributed by atoms with Crippen molar-refractivity contribution in [1.29, 1.82) is 0 Å². The van der Waals surface area contributed by atoms with Crippen molar-refractivity contribution >= 4 is 11.9 Å². The molecule has 5 heteroatoms. The van der Waals surface area contributed by atoms with Gasteiger partial charge in [0, 0.05) is 19.5 Å². The van der Waals surface area contributed by atoms with Crippen molar-refractivity contribution in [1.82, 2.24) is 4.90 Å². The van der Waals surface area contributed by atoms with Gasteiger partial charge in [-0.25, -0.2) is 4.39 Å². The van der Waals surface area contributed by atoms with Crippen LogP contribution in [-0.4, -0.2) is 30.4 Å². The molecule has 4 nitrogen and oxygen atoms in total. The molecule has 18 heavy (non-hydrogen) atoms. The molecular weight excluding hydrogens is 237 g/mol. The second-order valence-electron chi connectivity index (χ2n) is 4.32. The first-order chi connectivity index (χ1) is 8.60. The lowest BCUT2D eigenvalue weighted by Gasteiger charge is -2.16. The molecule has 0 aromatic heterocycles. The molecule has 1 aromatic rings. The van der Waals surface area contributed by atoms with Gasteiger partial charge in [0.25, 0.3) is 0 Å². The van der Waals surface area contributed by atoms with Crippen LogP contribution in [-0.2, 0) is 20.9 Å². The smallest absolute Gasteiger partial charge is 0.310 e. The lowest BCUT2D eigenvalue weighted by atomic mass is 10.1. The maximum atomic E-state index is 12.7. The van der Waals surface area contributed by atoms with Crippen LogP contribution in [0, 0.1) is 11.7 Å². The minimum absolute atomic E-state index is 0.0743. The van der Waals surface area contributed by atoms with Gasteiger partial charge in [-0.15, -0.1) is 0 Å². The molecule has 1 saturated heterocycles. The van der Waals surface area contributed by atoms with Gasteiger partial charge in [-0.2, -0.15) is 0 Å². The lowest BCUT2D eigenvalue weighted by Crippen LogP contribution is -2.26. The van der Waals surface area contributed by atoms with Gasteiger partial charge in [0.2, 0.25) is 5.91 Å². The van der Waals surface area contributed by atoms with Crippen molar-refractivity contribution < 1.29 is 18.7 Å². The highest BCUT2D eigenvalue weighted by atomic mass is 19.1. The Morgan fingerprint density at radius 1 is 1.44 bits per heavy atom. The molecule has 0 bridgehead atoms. The lowest BCUT2D eigenvalue weighted by molar-refractivity contribution is -0.145. The Labute approximate surface area is 104 Å². The first-order valence-electron chi connectivity index (χ1n) is 5.70. The van der Waals surface area contributed by atoms with E-state index in [1.54, 1.807) is 17.0 Å². The molecule has 0 saturated carbocycles. The maximum absolute atomic E-state index is 12.7. The molecular formula is C13H14FNO3. The Kier molecular flexibility index (Phi) is 3.60. The molecule has 1 aliphatic heterocycles. The number of rotatable bonds is 3. The molecule has 1 unspecified atom stereocenters. The molecule has 1 aliphatic rings. The Hall–Kier alpha value is -1.91. The number of halogens is 1. The zero-order valence-corrected chi connectivity index (χ0v) is 10.1. The molecule has 0 aliphatic carbocycles. The zero-order valence-electron chi connectivity index (χ0n) is 10.1. The van der Waals surface area contributed by atoms with E-state index in [1.165, 1.54) is 19.2 Å². The van der Waals surface area contributed by atoms with Gasteiger partial charge in [0.15, 0.2) is 0 Å². The van der Waals surface area contributed by atoms with Crippen molar-refractivity contribution in [3.8, 4) is 0 Å². The first kappa shape index (κ1) is 12.5. The summed E-state index contributed by atoms with van der Waals surface area (Å²) in [5.41, 5.74) is 0.843. The summed E-state index contributed by atoms with van der Waals surface area (Å²) >= 11 is 0. The summed E-state index contributed by atoms with van der Waals surface area (Å²) in [6, 6.07) is 5.98. The third kappa shape index (κ3) is 2.67. The van der Waals surface area contributed by atoms with E-state index in [4.69, 9.17) is 0 Å². The highest BCUT2D eigenvalue weighted by Gasteiger charge is 2.34. The molecule has 1 amide bonds. The van der Waals surface area contributed by atoms with Crippen LogP contribution in [0.25, 0.3) is 0 Å². The van der Waals surface area contributed by atoms with Gasteiger partial charge in [-0.1, -0.05) is 12.1 Å². The highest BCUT2D eigenvalue weighted by molar-refractivity contribution is 5.86. The molecule has 0 spiro atoms. The average Bonchev–Trinajstić information content (AvgIpc) is 2.73. The largest absolute Gasteiger partial charge is 0.469 e. The zero-order chi connectivity index (χ0) is 13.1. The second-order valence-corrected chi connectivity index (χ2v) is 4.32. The van der Waals surface area contributed by atoms with E-state index in [0.717, 1.165) is 5.56 Å². The van der Waals surface area contributed by atoms with Crippen LogP contribution < -0.4 is 0 Å². The Balaban J connectivity index is 2.00. The third-order valence-electron chi connectivity index (χ3n) is 3.04. The number of esters is 1. The first-order valence-corrected chi connectivity index (χ1v) is 5.70. The van der Waals surface area contributed by atoms with Gasteiger partial charge in [-0.05, 0) is 17.7 Å². The molecule has 1 heterocycles. The standard InChI is InChI=1S/C13H14FNO3/c1-18-13(17)10-6-12(16)15(8-10)7-9-2-4-11(14)5-3-9/h2-5,10H,6-8H2,1H3. The number of nitrogens with zero attached hydrogens (tertiary/aromatic N) is 1. The van der Waals surface area contributed by atoms with Crippen LogP contribution in [0.4, 0.5) is 4.39 Å². The van der Waals surface area contributed by atoms with Crippen LogP contribution in [0.3, 0.4) is 0 Å². The minimum atomic E-state index is -0.386. The summed E-state index contributed by atoms with van der Waals surface area (Å²) < 4.78 is 17.4. The second kappa shape index (κ2) is 5.16. The normalized spacial score (nSPS) is 19.1. The fourth-order valence-corrected chi connectivity index (χ4v) is 2.06. The SMILES string of the molecule is COC(=O)C1CC(=O)N(Cc2ccc(F)cc2)C1. The summed E-state index contributed by atoms with van der Waals surface area (Å²) in [5, 5.41) is 0. The molecule has 0 radical (unpaired) electrons. The van der Waals surface area contributed by atoms with E-state index in [1.807, 2.05) is 0 Å². The Morgan fingerprint density at radius 3 is 2.72 bits per heavy atom. The Bertz CT molecular complexity index is 458. The van der Waals surface area contributed by atoms with Crippen molar-refractivity contribution in [3.05, 3.63) is 35.6 Å². The fourth-order valence-electron chi connectivity index (χ4n) is 2.06. The summed E-state index contributed by atoms with van der Waals surface area (Å²) in [6.07, 6.45) is 0.188. The average molecular weight is 251 g/mol. The molecule has 2 rings (SSSR count). The van der Waals surface area contributed by atoms with E-state index in [0.29, 0.717) is 13.1 Å². The number of amides is 1. The van der Waals surface area contributed by atoms with E-state index >= 15 is 0 Å². The van der Waals surface area contributed by atoms with Gasteiger partial charge < -0.3 is 9.64 Å². The van der Waals surface area contributed by atoms with E-state index < -0.39 is 0 Å². The van der Waals surface area contributed by atoms with Crippen LogP contribution >= 0.6 is 0 Å².